The highest BCUT2D eigenvalue weighted by atomic mass is 35.5. The highest BCUT2D eigenvalue weighted by molar-refractivity contribution is 7.70. The molecule has 0 fully saturated rings. The molecule has 5 N–H and O–H groups in total. The van der Waals surface area contributed by atoms with Crippen LogP contribution in [0.1, 0.15) is 15.9 Å². The molecule has 178 valence electrons. The number of nitrogens with two attached hydrogens (primary N) is 1. The zero-order valence-corrected chi connectivity index (χ0v) is 20.6. The molecule has 3 aromatic rings. The summed E-state index contributed by atoms with van der Waals surface area (Å²) in [6.45, 7) is 3.85. The Hall–Kier alpha value is -3.26. The molecule has 0 spiro atoms. The number of amides is 1. The van der Waals surface area contributed by atoms with E-state index in [2.05, 4.69) is 21.1 Å². The largest absolute Gasteiger partial charge is 0.491 e. The molecule has 0 radical (unpaired) electrons. The Labute approximate surface area is 202 Å². The van der Waals surface area contributed by atoms with Crippen LogP contribution in [-0.2, 0) is 15.8 Å². The Kier molecular flexibility index (Phi) is 6.70. The molecule has 11 heteroatoms. The second-order valence-electron chi connectivity index (χ2n) is 8.06. The van der Waals surface area contributed by atoms with Crippen molar-refractivity contribution in [2.45, 2.75) is 6.42 Å². The van der Waals surface area contributed by atoms with Gasteiger partial charge in [-0.15, -0.1) is 0 Å². The van der Waals surface area contributed by atoms with Gasteiger partial charge in [-0.25, -0.2) is 10.5 Å². The Morgan fingerprint density at radius 2 is 1.94 bits per heavy atom. The Balaban J connectivity index is 1.69. The molecule has 0 unspecified atom stereocenters. The summed E-state index contributed by atoms with van der Waals surface area (Å²) in [5.41, 5.74) is 12.0. The molecule has 2 heterocycles. The van der Waals surface area contributed by atoms with Crippen molar-refractivity contribution in [3.05, 3.63) is 58.7 Å². The van der Waals surface area contributed by atoms with Gasteiger partial charge < -0.3 is 25.7 Å². The summed E-state index contributed by atoms with van der Waals surface area (Å²) in [5.74, 6) is 0.555. The van der Waals surface area contributed by atoms with E-state index in [9.17, 15) is 9.36 Å². The van der Waals surface area contributed by atoms with E-state index in [4.69, 9.17) is 26.9 Å². The molecule has 0 atom stereocenters. The molecule has 1 aromatic heterocycles. The lowest BCUT2D eigenvalue weighted by atomic mass is 10.0. The molecule has 1 aliphatic heterocycles. The third kappa shape index (κ3) is 4.68. The lowest BCUT2D eigenvalue weighted by Gasteiger charge is -2.19. The maximum atomic E-state index is 12.8. The van der Waals surface area contributed by atoms with Gasteiger partial charge in [0.25, 0.3) is 5.91 Å². The number of nitrogens with one attached hydrogen (secondary N) is 3. The van der Waals surface area contributed by atoms with E-state index in [1.54, 1.807) is 25.5 Å². The summed E-state index contributed by atoms with van der Waals surface area (Å²) in [4.78, 5) is 21.4. The number of para-hydroxylation sites is 1. The fraction of sp³-hybridized carbons (Fsp3) is 0.217. The monoisotopic (exact) mass is 501 g/mol. The average Bonchev–Trinajstić information content (AvgIpc) is 3.29. The number of benzene rings is 2. The van der Waals surface area contributed by atoms with E-state index in [1.807, 2.05) is 24.3 Å². The van der Waals surface area contributed by atoms with Gasteiger partial charge in [-0.3, -0.25) is 9.63 Å². The van der Waals surface area contributed by atoms with Crippen molar-refractivity contribution in [1.82, 2.24) is 10.5 Å². The standard InChI is InChI=1S/C23H25ClN5O4P/c1-32-29-23(30)14-8-9-17(21-13(14)10-11-33-21)28-22-19(25)20(15(24)12-26-22)27-16-6-4-5-7-18(16)34(2,3)31/h4-9,12H,10-11,25H2,1-3H3,(H,29,30)(H2,26,27,28). The minimum atomic E-state index is -2.55. The van der Waals surface area contributed by atoms with Crippen molar-refractivity contribution in [2.75, 3.05) is 43.4 Å². The van der Waals surface area contributed by atoms with Crippen LogP contribution in [0.5, 0.6) is 5.75 Å². The van der Waals surface area contributed by atoms with Crippen LogP contribution in [-0.4, -0.2) is 37.9 Å². The maximum absolute atomic E-state index is 12.8. The van der Waals surface area contributed by atoms with Crippen LogP contribution in [0.25, 0.3) is 0 Å². The number of rotatable bonds is 7. The van der Waals surface area contributed by atoms with Crippen molar-refractivity contribution < 1.29 is 18.9 Å². The number of carbonyl (C=O) groups excluding carboxylic acids is 1. The second-order valence-corrected chi connectivity index (χ2v) is 11.7. The number of aromatic nitrogens is 1. The van der Waals surface area contributed by atoms with Crippen LogP contribution in [0.3, 0.4) is 0 Å². The summed E-state index contributed by atoms with van der Waals surface area (Å²) in [5, 5.41) is 7.42. The maximum Gasteiger partial charge on any atom is 0.275 e. The van der Waals surface area contributed by atoms with Crippen LogP contribution in [0.15, 0.2) is 42.6 Å². The van der Waals surface area contributed by atoms with Crippen molar-refractivity contribution in [1.29, 1.82) is 0 Å². The number of ether oxygens (including phenoxy) is 1. The van der Waals surface area contributed by atoms with Gasteiger partial charge in [0, 0.05) is 28.5 Å². The predicted molar refractivity (Wildman–Crippen MR) is 136 cm³/mol. The highest BCUT2D eigenvalue weighted by Crippen LogP contribution is 2.43. The number of nitrogens with zero attached hydrogens (tertiary/aromatic N) is 1. The lowest BCUT2D eigenvalue weighted by molar-refractivity contribution is 0.0537. The van der Waals surface area contributed by atoms with Gasteiger partial charge >= 0.3 is 0 Å². The summed E-state index contributed by atoms with van der Waals surface area (Å²) in [6, 6.07) is 10.7. The van der Waals surface area contributed by atoms with Crippen molar-refractivity contribution >= 4 is 58.5 Å². The van der Waals surface area contributed by atoms with E-state index in [-0.39, 0.29) is 11.6 Å². The molecule has 9 nitrogen and oxygen atoms in total. The summed E-state index contributed by atoms with van der Waals surface area (Å²) in [7, 11) is -1.17. The van der Waals surface area contributed by atoms with E-state index in [1.165, 1.54) is 13.3 Å². The number of hydrogen-bond donors (Lipinski definition) is 4. The van der Waals surface area contributed by atoms with Crippen molar-refractivity contribution in [3.63, 3.8) is 0 Å². The second kappa shape index (κ2) is 9.54. The van der Waals surface area contributed by atoms with Crippen molar-refractivity contribution in [3.8, 4) is 5.75 Å². The molecule has 34 heavy (non-hydrogen) atoms. The molecule has 1 aliphatic rings. The quantitative estimate of drug-likeness (QED) is 0.279. The van der Waals surface area contributed by atoms with Crippen LogP contribution < -0.4 is 31.9 Å². The molecule has 0 saturated carbocycles. The van der Waals surface area contributed by atoms with Gasteiger partial charge in [0.1, 0.15) is 18.6 Å². The molecule has 0 saturated heterocycles. The van der Waals surface area contributed by atoms with E-state index in [0.29, 0.717) is 57.5 Å². The molecule has 0 aliphatic carbocycles. The van der Waals surface area contributed by atoms with Gasteiger partial charge in [0.2, 0.25) is 0 Å². The van der Waals surface area contributed by atoms with E-state index >= 15 is 0 Å². The number of anilines is 5. The minimum Gasteiger partial charge on any atom is -0.491 e. The summed E-state index contributed by atoms with van der Waals surface area (Å²) >= 11 is 6.42. The van der Waals surface area contributed by atoms with E-state index < -0.39 is 7.14 Å². The molecule has 1 amide bonds. The Morgan fingerprint density at radius 1 is 1.18 bits per heavy atom. The first-order valence-electron chi connectivity index (χ1n) is 10.4. The fourth-order valence-electron chi connectivity index (χ4n) is 3.80. The molecule has 0 bridgehead atoms. The molecular weight excluding hydrogens is 477 g/mol. The number of fused-ring (bicyclic) bond motifs is 1. The van der Waals surface area contributed by atoms with Gasteiger partial charge in [-0.1, -0.05) is 23.7 Å². The smallest absolute Gasteiger partial charge is 0.275 e. The normalized spacial score (nSPS) is 12.6. The van der Waals surface area contributed by atoms with Gasteiger partial charge in [-0.2, -0.15) is 0 Å². The first-order valence-corrected chi connectivity index (χ1v) is 13.4. The third-order valence-corrected chi connectivity index (χ3v) is 7.20. The summed E-state index contributed by atoms with van der Waals surface area (Å²) in [6.07, 6.45) is 2.06. The first-order chi connectivity index (χ1) is 16.2. The number of nitrogen functional groups attached to an aromatic ring is 1. The number of hydrogen-bond acceptors (Lipinski definition) is 8. The van der Waals surface area contributed by atoms with Gasteiger partial charge in [0.15, 0.2) is 5.82 Å². The highest BCUT2D eigenvalue weighted by Gasteiger charge is 2.25. The Morgan fingerprint density at radius 3 is 2.68 bits per heavy atom. The van der Waals surface area contributed by atoms with Crippen LogP contribution >= 0.6 is 18.7 Å². The van der Waals surface area contributed by atoms with E-state index in [0.717, 1.165) is 5.56 Å². The zero-order valence-electron chi connectivity index (χ0n) is 18.9. The SMILES string of the molecule is CONC(=O)c1ccc(Nc2ncc(Cl)c(Nc3ccccc3P(C)(C)=O)c2N)c2c1CCO2. The number of carbonyl (C=O) groups is 1. The van der Waals surface area contributed by atoms with Crippen LogP contribution in [0.2, 0.25) is 5.02 Å². The van der Waals surface area contributed by atoms with Gasteiger partial charge in [-0.05, 0) is 37.6 Å². The molecular formula is C23H25ClN5O4P. The Bertz CT molecular complexity index is 1310. The predicted octanol–water partition coefficient (Wildman–Crippen LogP) is 4.28. The number of pyridine rings is 1. The molecule has 4 rings (SSSR count). The lowest BCUT2D eigenvalue weighted by Crippen LogP contribution is -2.23. The van der Waals surface area contributed by atoms with Crippen molar-refractivity contribution in [2.24, 2.45) is 0 Å². The van der Waals surface area contributed by atoms with Gasteiger partial charge in [0.05, 0.1) is 36.3 Å². The summed E-state index contributed by atoms with van der Waals surface area (Å²) < 4.78 is 18.5. The van der Waals surface area contributed by atoms with Crippen LogP contribution in [0.4, 0.5) is 28.6 Å². The van der Waals surface area contributed by atoms with Crippen LogP contribution in [0, 0.1) is 0 Å². The zero-order chi connectivity index (χ0) is 24.5. The molecule has 2 aromatic carbocycles. The third-order valence-electron chi connectivity index (χ3n) is 5.37. The first kappa shape index (κ1) is 23.9. The minimum absolute atomic E-state index is 0.275. The topological polar surface area (TPSA) is 128 Å². The fourth-order valence-corrected chi connectivity index (χ4v) is 5.15. The number of hydroxylamine groups is 1. The number of halogens is 1. The average molecular weight is 502 g/mol.